The second-order valence-electron chi connectivity index (χ2n) is 6.77. The Morgan fingerprint density at radius 2 is 1.70 bits per heavy atom. The molecule has 3 rings (SSSR count). The monoisotopic (exact) mass is 469 g/mol. The molecule has 0 heterocycles. The fourth-order valence-corrected chi connectivity index (χ4v) is 3.41. The summed E-state index contributed by atoms with van der Waals surface area (Å²) in [6.07, 6.45) is 0. The maximum absolute atomic E-state index is 11.0. The number of carbonyl (C=O) groups is 1. The Morgan fingerprint density at radius 3 is 2.37 bits per heavy atom. The van der Waals surface area contributed by atoms with Crippen molar-refractivity contribution in [2.45, 2.75) is 27.0 Å². The Labute approximate surface area is 184 Å². The molecule has 0 aliphatic heterocycles. The van der Waals surface area contributed by atoms with Crippen LogP contribution in [-0.4, -0.2) is 17.7 Å². The molecule has 0 bridgehead atoms. The molecular weight excluding hydrogens is 446 g/mol. The van der Waals surface area contributed by atoms with E-state index in [1.807, 2.05) is 31.2 Å². The van der Waals surface area contributed by atoms with Gasteiger partial charge in [-0.2, -0.15) is 0 Å². The van der Waals surface area contributed by atoms with Crippen molar-refractivity contribution < 1.29 is 19.4 Å². The van der Waals surface area contributed by atoms with Crippen molar-refractivity contribution in [3.63, 3.8) is 0 Å². The summed E-state index contributed by atoms with van der Waals surface area (Å²) in [5.41, 5.74) is 4.42. The second-order valence-corrected chi connectivity index (χ2v) is 7.63. The van der Waals surface area contributed by atoms with E-state index in [9.17, 15) is 4.79 Å². The zero-order valence-corrected chi connectivity index (χ0v) is 18.5. The number of carboxylic acid groups (broad SMARTS) is 1. The van der Waals surface area contributed by atoms with Crippen LogP contribution in [0.25, 0.3) is 0 Å². The number of benzene rings is 3. The molecule has 0 radical (unpaired) electrons. The summed E-state index contributed by atoms with van der Waals surface area (Å²) in [6, 6.07) is 18.7. The van der Waals surface area contributed by atoms with E-state index in [1.165, 1.54) is 5.56 Å². The molecular formula is C24H24BrNO4. The highest BCUT2D eigenvalue weighted by Crippen LogP contribution is 2.35. The lowest BCUT2D eigenvalue weighted by Gasteiger charge is -2.16. The van der Waals surface area contributed by atoms with E-state index in [4.69, 9.17) is 14.6 Å². The number of anilines is 1. The van der Waals surface area contributed by atoms with Crippen molar-refractivity contribution in [1.29, 1.82) is 0 Å². The second kappa shape index (κ2) is 10.2. The molecule has 0 unspecified atom stereocenters. The average Bonchev–Trinajstić information content (AvgIpc) is 2.74. The van der Waals surface area contributed by atoms with E-state index in [2.05, 4.69) is 40.3 Å². The normalized spacial score (nSPS) is 10.5. The van der Waals surface area contributed by atoms with Gasteiger partial charge in [0.15, 0.2) is 11.5 Å². The maximum atomic E-state index is 11.0. The number of halogens is 1. The predicted octanol–water partition coefficient (Wildman–Crippen LogP) is 6.05. The van der Waals surface area contributed by atoms with Crippen molar-refractivity contribution in [1.82, 2.24) is 0 Å². The summed E-state index contributed by atoms with van der Waals surface area (Å²) in [6.45, 7) is 5.55. The van der Waals surface area contributed by atoms with Gasteiger partial charge in [0.25, 0.3) is 0 Å². The topological polar surface area (TPSA) is 67.8 Å². The van der Waals surface area contributed by atoms with Crippen molar-refractivity contribution in [2.75, 3.05) is 11.9 Å². The Morgan fingerprint density at radius 1 is 1.00 bits per heavy atom. The Bertz CT molecular complexity index is 1020. The molecule has 0 aliphatic carbocycles. The van der Waals surface area contributed by atoms with E-state index in [0.717, 1.165) is 21.3 Å². The van der Waals surface area contributed by atoms with Crippen LogP contribution in [0.1, 0.15) is 34.0 Å². The lowest BCUT2D eigenvalue weighted by molar-refractivity contribution is 0.0697. The molecule has 30 heavy (non-hydrogen) atoms. The van der Waals surface area contributed by atoms with Crippen LogP contribution in [0.15, 0.2) is 65.1 Å². The zero-order valence-electron chi connectivity index (χ0n) is 16.9. The summed E-state index contributed by atoms with van der Waals surface area (Å²) in [5, 5.41) is 12.3. The molecule has 5 nitrogen and oxygen atoms in total. The van der Waals surface area contributed by atoms with Crippen LogP contribution < -0.4 is 14.8 Å². The minimum atomic E-state index is -0.938. The fraction of sp³-hybridized carbons (Fsp3) is 0.208. The van der Waals surface area contributed by atoms with Crippen molar-refractivity contribution in [3.8, 4) is 11.5 Å². The Balaban J connectivity index is 1.73. The van der Waals surface area contributed by atoms with Gasteiger partial charge in [0, 0.05) is 16.7 Å². The highest BCUT2D eigenvalue weighted by molar-refractivity contribution is 9.10. The van der Waals surface area contributed by atoms with Gasteiger partial charge in [-0.15, -0.1) is 0 Å². The summed E-state index contributed by atoms with van der Waals surface area (Å²) in [7, 11) is 0. The van der Waals surface area contributed by atoms with Crippen LogP contribution in [0.3, 0.4) is 0 Å². The van der Waals surface area contributed by atoms with Crippen LogP contribution in [0.5, 0.6) is 11.5 Å². The van der Waals surface area contributed by atoms with E-state index >= 15 is 0 Å². The molecule has 3 aromatic carbocycles. The molecule has 0 spiro atoms. The summed E-state index contributed by atoms with van der Waals surface area (Å²) < 4.78 is 12.8. The average molecular weight is 470 g/mol. The van der Waals surface area contributed by atoms with Crippen LogP contribution in [0.2, 0.25) is 0 Å². The molecule has 156 valence electrons. The SMILES string of the molecule is CCOc1cc(CNc2ccc(C(=O)O)cc2)c(Br)cc1OCc1ccccc1C. The molecule has 0 saturated heterocycles. The van der Waals surface area contributed by atoms with Crippen molar-refractivity contribution >= 4 is 27.6 Å². The lowest BCUT2D eigenvalue weighted by Crippen LogP contribution is -2.05. The number of carboxylic acids is 1. The van der Waals surface area contributed by atoms with Crippen molar-refractivity contribution in [2.24, 2.45) is 0 Å². The number of nitrogens with one attached hydrogen (secondary N) is 1. The van der Waals surface area contributed by atoms with Crippen LogP contribution in [-0.2, 0) is 13.2 Å². The number of ether oxygens (including phenoxy) is 2. The van der Waals surface area contributed by atoms with Gasteiger partial charge in [-0.1, -0.05) is 40.2 Å². The van der Waals surface area contributed by atoms with Gasteiger partial charge in [-0.25, -0.2) is 4.79 Å². The predicted molar refractivity (Wildman–Crippen MR) is 122 cm³/mol. The minimum Gasteiger partial charge on any atom is -0.490 e. The molecule has 2 N–H and O–H groups in total. The number of hydrogen-bond acceptors (Lipinski definition) is 4. The minimum absolute atomic E-state index is 0.260. The quantitative estimate of drug-likeness (QED) is 0.399. The fourth-order valence-electron chi connectivity index (χ4n) is 2.95. The Hall–Kier alpha value is -2.99. The van der Waals surface area contributed by atoms with Crippen molar-refractivity contribution in [3.05, 3.63) is 87.4 Å². The molecule has 0 fully saturated rings. The number of rotatable bonds is 9. The third kappa shape index (κ3) is 5.54. The molecule has 0 saturated carbocycles. The first-order chi connectivity index (χ1) is 14.5. The van der Waals surface area contributed by atoms with Gasteiger partial charge in [0.1, 0.15) is 6.61 Å². The first-order valence-electron chi connectivity index (χ1n) is 9.67. The highest BCUT2D eigenvalue weighted by atomic mass is 79.9. The van der Waals surface area contributed by atoms with Gasteiger partial charge in [0.05, 0.1) is 12.2 Å². The van der Waals surface area contributed by atoms with Gasteiger partial charge < -0.3 is 19.9 Å². The molecule has 0 atom stereocenters. The van der Waals surface area contributed by atoms with Gasteiger partial charge >= 0.3 is 5.97 Å². The first-order valence-corrected chi connectivity index (χ1v) is 10.5. The third-order valence-electron chi connectivity index (χ3n) is 4.67. The first kappa shape index (κ1) is 21.7. The largest absolute Gasteiger partial charge is 0.490 e. The molecule has 0 aromatic heterocycles. The Kier molecular flexibility index (Phi) is 7.36. The summed E-state index contributed by atoms with van der Waals surface area (Å²) in [4.78, 5) is 11.0. The smallest absolute Gasteiger partial charge is 0.335 e. The molecule has 0 amide bonds. The number of aromatic carboxylic acids is 1. The zero-order chi connectivity index (χ0) is 21.5. The van der Waals surface area contributed by atoms with E-state index in [1.54, 1.807) is 24.3 Å². The molecule has 3 aromatic rings. The van der Waals surface area contributed by atoms with Crippen LogP contribution in [0, 0.1) is 6.92 Å². The van der Waals surface area contributed by atoms with E-state index in [0.29, 0.717) is 31.3 Å². The van der Waals surface area contributed by atoms with Gasteiger partial charge in [0.2, 0.25) is 0 Å². The van der Waals surface area contributed by atoms with Crippen LogP contribution >= 0.6 is 15.9 Å². The standard InChI is InChI=1S/C24H24BrNO4/c1-3-29-22-12-19(14-26-20-10-8-17(9-11-20)24(27)28)21(25)13-23(22)30-15-18-7-5-4-6-16(18)2/h4-13,26H,3,14-15H2,1-2H3,(H,27,28). The molecule has 0 aliphatic rings. The van der Waals surface area contributed by atoms with Gasteiger partial charge in [-0.3, -0.25) is 0 Å². The maximum Gasteiger partial charge on any atom is 0.335 e. The number of aryl methyl sites for hydroxylation is 1. The summed E-state index contributed by atoms with van der Waals surface area (Å²) in [5.74, 6) is 0.431. The number of hydrogen-bond donors (Lipinski definition) is 2. The summed E-state index contributed by atoms with van der Waals surface area (Å²) >= 11 is 3.62. The van der Waals surface area contributed by atoms with Gasteiger partial charge in [-0.05, 0) is 66.9 Å². The molecule has 6 heteroatoms. The van der Waals surface area contributed by atoms with Crippen LogP contribution in [0.4, 0.5) is 5.69 Å². The van der Waals surface area contributed by atoms with E-state index in [-0.39, 0.29) is 5.56 Å². The van der Waals surface area contributed by atoms with E-state index < -0.39 is 5.97 Å². The third-order valence-corrected chi connectivity index (χ3v) is 5.41. The highest BCUT2D eigenvalue weighted by Gasteiger charge is 2.12. The lowest BCUT2D eigenvalue weighted by atomic mass is 10.1.